The van der Waals surface area contributed by atoms with Crippen molar-refractivity contribution in [3.05, 3.63) is 76.2 Å². The van der Waals surface area contributed by atoms with Gasteiger partial charge in [-0.15, -0.1) is 11.3 Å². The second kappa shape index (κ2) is 7.06. The maximum atomic E-state index is 13.0. The highest BCUT2D eigenvalue weighted by Gasteiger charge is 2.26. The Morgan fingerprint density at radius 1 is 1.20 bits per heavy atom. The molecule has 0 spiro atoms. The number of carbonyl (C=O) groups is 1. The van der Waals surface area contributed by atoms with Crippen molar-refractivity contribution in [2.75, 3.05) is 5.75 Å². The van der Waals surface area contributed by atoms with Gasteiger partial charge in [-0.05, 0) is 47.6 Å². The van der Waals surface area contributed by atoms with E-state index in [0.717, 1.165) is 34.1 Å². The summed E-state index contributed by atoms with van der Waals surface area (Å²) in [7, 11) is 0. The molecule has 0 bridgehead atoms. The van der Waals surface area contributed by atoms with Crippen molar-refractivity contribution in [1.29, 1.82) is 0 Å². The first-order valence-electron chi connectivity index (χ1n) is 8.10. The van der Waals surface area contributed by atoms with Crippen LogP contribution in [0.4, 0.5) is 4.39 Å². The van der Waals surface area contributed by atoms with E-state index in [1.165, 1.54) is 22.6 Å². The molecule has 128 valence electrons. The SMILES string of the molecule is O=C(NCc1ccc(F)cc1)c1c(-n2cccc2)sc2c1CCSC2. The van der Waals surface area contributed by atoms with Crippen LogP contribution in [0.5, 0.6) is 0 Å². The number of halogens is 1. The average molecular weight is 372 g/mol. The molecule has 0 atom stereocenters. The number of thiophene rings is 1. The maximum Gasteiger partial charge on any atom is 0.254 e. The minimum absolute atomic E-state index is 0.0579. The molecule has 3 aromatic rings. The molecule has 0 saturated carbocycles. The Hall–Kier alpha value is -2.05. The molecule has 1 aromatic carbocycles. The fourth-order valence-electron chi connectivity index (χ4n) is 2.98. The molecular weight excluding hydrogens is 355 g/mol. The van der Waals surface area contributed by atoms with Crippen molar-refractivity contribution in [3.63, 3.8) is 0 Å². The highest BCUT2D eigenvalue weighted by molar-refractivity contribution is 7.98. The molecule has 0 aliphatic carbocycles. The number of benzene rings is 1. The van der Waals surface area contributed by atoms with E-state index in [2.05, 4.69) is 5.32 Å². The van der Waals surface area contributed by atoms with E-state index in [4.69, 9.17) is 0 Å². The molecule has 1 amide bonds. The molecule has 1 aliphatic rings. The van der Waals surface area contributed by atoms with Crippen LogP contribution in [0.3, 0.4) is 0 Å². The Morgan fingerprint density at radius 2 is 1.96 bits per heavy atom. The van der Waals surface area contributed by atoms with E-state index in [9.17, 15) is 9.18 Å². The Kier molecular flexibility index (Phi) is 4.63. The number of fused-ring (bicyclic) bond motifs is 1. The molecule has 0 saturated heterocycles. The number of carbonyl (C=O) groups excluding carboxylic acids is 1. The van der Waals surface area contributed by atoms with Gasteiger partial charge in [-0.2, -0.15) is 11.8 Å². The first kappa shape index (κ1) is 16.4. The lowest BCUT2D eigenvalue weighted by molar-refractivity contribution is 0.0950. The lowest BCUT2D eigenvalue weighted by Gasteiger charge is -2.13. The molecular formula is C19H17FN2OS2. The predicted molar refractivity (Wildman–Crippen MR) is 101 cm³/mol. The number of aromatic nitrogens is 1. The van der Waals surface area contributed by atoms with Crippen LogP contribution in [0.15, 0.2) is 48.8 Å². The minimum atomic E-state index is -0.269. The zero-order valence-corrected chi connectivity index (χ0v) is 15.1. The van der Waals surface area contributed by atoms with Gasteiger partial charge in [-0.1, -0.05) is 12.1 Å². The highest BCUT2D eigenvalue weighted by Crippen LogP contribution is 2.38. The van der Waals surface area contributed by atoms with Crippen LogP contribution in [-0.2, 0) is 18.7 Å². The van der Waals surface area contributed by atoms with Crippen LogP contribution in [0.2, 0.25) is 0 Å². The normalized spacial score (nSPS) is 13.5. The molecule has 3 heterocycles. The summed E-state index contributed by atoms with van der Waals surface area (Å²) in [6.45, 7) is 0.392. The quantitative estimate of drug-likeness (QED) is 0.737. The number of thioether (sulfide) groups is 1. The molecule has 25 heavy (non-hydrogen) atoms. The summed E-state index contributed by atoms with van der Waals surface area (Å²) in [6.07, 6.45) is 4.87. The van der Waals surface area contributed by atoms with Gasteiger partial charge in [0.25, 0.3) is 5.91 Å². The predicted octanol–water partition coefficient (Wildman–Crippen LogP) is 4.40. The van der Waals surface area contributed by atoms with Crippen LogP contribution in [0.1, 0.15) is 26.4 Å². The van der Waals surface area contributed by atoms with Crippen molar-refractivity contribution in [2.45, 2.75) is 18.7 Å². The number of nitrogens with zero attached hydrogens (tertiary/aromatic N) is 1. The summed E-state index contributed by atoms with van der Waals surface area (Å²) in [5.74, 6) is 1.69. The average Bonchev–Trinajstić information content (AvgIpc) is 3.28. The first-order valence-corrected chi connectivity index (χ1v) is 10.1. The van der Waals surface area contributed by atoms with Crippen molar-refractivity contribution < 1.29 is 9.18 Å². The van der Waals surface area contributed by atoms with Gasteiger partial charge < -0.3 is 9.88 Å². The Balaban J connectivity index is 1.62. The van der Waals surface area contributed by atoms with Crippen LogP contribution in [-0.4, -0.2) is 16.2 Å². The standard InChI is InChI=1S/C19H17FN2OS2/c20-14-5-3-13(4-6-14)11-21-18(23)17-15-7-10-24-12-16(15)25-19(17)22-8-1-2-9-22/h1-6,8-9H,7,10-12H2,(H,21,23). The number of nitrogens with one attached hydrogen (secondary N) is 1. The molecule has 0 unspecified atom stereocenters. The van der Waals surface area contributed by atoms with Gasteiger partial charge in [-0.3, -0.25) is 4.79 Å². The lowest BCUT2D eigenvalue weighted by atomic mass is 10.1. The Morgan fingerprint density at radius 3 is 2.72 bits per heavy atom. The molecule has 2 aromatic heterocycles. The number of hydrogen-bond acceptors (Lipinski definition) is 3. The lowest BCUT2D eigenvalue weighted by Crippen LogP contribution is -2.25. The number of hydrogen-bond donors (Lipinski definition) is 1. The summed E-state index contributed by atoms with van der Waals surface area (Å²) in [4.78, 5) is 14.2. The Labute approximate surface area is 153 Å². The molecule has 0 fully saturated rings. The maximum absolute atomic E-state index is 13.0. The smallest absolute Gasteiger partial charge is 0.254 e. The zero-order valence-electron chi connectivity index (χ0n) is 13.5. The third kappa shape index (κ3) is 3.37. The van der Waals surface area contributed by atoms with Gasteiger partial charge in [0, 0.05) is 29.6 Å². The summed E-state index contributed by atoms with van der Waals surface area (Å²) in [6, 6.07) is 10.2. The van der Waals surface area contributed by atoms with Crippen molar-refractivity contribution >= 4 is 29.0 Å². The molecule has 4 rings (SSSR count). The minimum Gasteiger partial charge on any atom is -0.348 e. The Bertz CT molecular complexity index is 885. The van der Waals surface area contributed by atoms with Crippen LogP contribution < -0.4 is 5.32 Å². The molecule has 6 heteroatoms. The molecule has 1 N–H and O–H groups in total. The summed E-state index contributed by atoms with van der Waals surface area (Å²) in [5, 5.41) is 3.98. The summed E-state index contributed by atoms with van der Waals surface area (Å²) < 4.78 is 15.0. The topological polar surface area (TPSA) is 34.0 Å². The zero-order chi connectivity index (χ0) is 17.2. The third-order valence-electron chi connectivity index (χ3n) is 4.23. The largest absolute Gasteiger partial charge is 0.348 e. The van der Waals surface area contributed by atoms with E-state index in [1.807, 2.05) is 40.9 Å². The van der Waals surface area contributed by atoms with Crippen molar-refractivity contribution in [2.24, 2.45) is 0 Å². The van der Waals surface area contributed by atoms with E-state index in [0.29, 0.717) is 6.54 Å². The fraction of sp³-hybridized carbons (Fsp3) is 0.211. The van der Waals surface area contributed by atoms with Gasteiger partial charge in [-0.25, -0.2) is 4.39 Å². The van der Waals surface area contributed by atoms with Gasteiger partial charge in [0.15, 0.2) is 0 Å². The molecule has 3 nitrogen and oxygen atoms in total. The van der Waals surface area contributed by atoms with Crippen molar-refractivity contribution in [3.8, 4) is 5.00 Å². The number of amides is 1. The molecule has 1 aliphatic heterocycles. The van der Waals surface area contributed by atoms with Gasteiger partial charge in [0.05, 0.1) is 5.56 Å². The van der Waals surface area contributed by atoms with E-state index >= 15 is 0 Å². The van der Waals surface area contributed by atoms with Crippen LogP contribution >= 0.6 is 23.1 Å². The second-order valence-corrected chi connectivity index (χ2v) is 8.07. The van der Waals surface area contributed by atoms with Gasteiger partial charge in [0.2, 0.25) is 0 Å². The van der Waals surface area contributed by atoms with Gasteiger partial charge >= 0.3 is 0 Å². The van der Waals surface area contributed by atoms with E-state index < -0.39 is 0 Å². The van der Waals surface area contributed by atoms with E-state index in [-0.39, 0.29) is 11.7 Å². The third-order valence-corrected chi connectivity index (χ3v) is 6.65. The summed E-state index contributed by atoms with van der Waals surface area (Å²) in [5.41, 5.74) is 2.86. The van der Waals surface area contributed by atoms with E-state index in [1.54, 1.807) is 23.5 Å². The monoisotopic (exact) mass is 372 g/mol. The molecule has 0 radical (unpaired) electrons. The fourth-order valence-corrected chi connectivity index (χ4v) is 5.42. The first-order chi connectivity index (χ1) is 12.2. The van der Waals surface area contributed by atoms with Crippen LogP contribution in [0, 0.1) is 5.82 Å². The highest BCUT2D eigenvalue weighted by atomic mass is 32.2. The van der Waals surface area contributed by atoms with Gasteiger partial charge in [0.1, 0.15) is 10.8 Å². The second-order valence-electron chi connectivity index (χ2n) is 5.89. The number of rotatable bonds is 4. The van der Waals surface area contributed by atoms with Crippen molar-refractivity contribution in [1.82, 2.24) is 9.88 Å². The van der Waals surface area contributed by atoms with Crippen LogP contribution in [0.25, 0.3) is 5.00 Å². The summed E-state index contributed by atoms with van der Waals surface area (Å²) >= 11 is 3.62.